The lowest BCUT2D eigenvalue weighted by molar-refractivity contribution is -0.386. The third kappa shape index (κ3) is 4.85. The van der Waals surface area contributed by atoms with E-state index in [2.05, 4.69) is 12.1 Å². The van der Waals surface area contributed by atoms with E-state index in [1.165, 1.54) is 25.7 Å². The molecule has 0 radical (unpaired) electrons. The number of nitro groups is 1. The Bertz CT molecular complexity index is 424. The van der Waals surface area contributed by atoms with Crippen molar-refractivity contribution in [1.82, 2.24) is 5.16 Å². The predicted molar refractivity (Wildman–Crippen MR) is 74.9 cm³/mol. The van der Waals surface area contributed by atoms with Gasteiger partial charge in [-0.05, 0) is 25.3 Å². The lowest BCUT2D eigenvalue weighted by Crippen LogP contribution is -1.92. The normalized spacial score (nSPS) is 11.3. The Hall–Kier alpha value is -1.65. The summed E-state index contributed by atoms with van der Waals surface area (Å²) >= 11 is 0. The van der Waals surface area contributed by atoms with Gasteiger partial charge in [0.25, 0.3) is 0 Å². The molecule has 0 atom stereocenters. The number of unbranched alkanes of at least 4 members (excludes halogenated alkanes) is 5. The van der Waals surface area contributed by atoms with Gasteiger partial charge in [-0.3, -0.25) is 10.1 Å². The summed E-state index contributed by atoms with van der Waals surface area (Å²) in [6.45, 7) is 4.01. The molecule has 1 aromatic rings. The maximum Gasteiger partial charge on any atom is 0.338 e. The van der Waals surface area contributed by atoms with Crippen LogP contribution in [0.2, 0.25) is 0 Å². The molecule has 1 heterocycles. The summed E-state index contributed by atoms with van der Waals surface area (Å²) in [7, 11) is 0. The van der Waals surface area contributed by atoms with Crippen LogP contribution in [-0.2, 0) is 6.42 Å². The molecule has 0 N–H and O–H groups in total. The predicted octanol–water partition coefficient (Wildman–Crippen LogP) is 4.52. The minimum Gasteiger partial charge on any atom is -0.349 e. The van der Waals surface area contributed by atoms with Crippen LogP contribution in [0.3, 0.4) is 0 Å². The lowest BCUT2D eigenvalue weighted by atomic mass is 10.1. The van der Waals surface area contributed by atoms with Gasteiger partial charge in [0.15, 0.2) is 5.69 Å². The van der Waals surface area contributed by atoms with E-state index in [1.54, 1.807) is 6.08 Å². The first-order valence-electron chi connectivity index (χ1n) is 7.00. The molecule has 0 spiro atoms. The Morgan fingerprint density at radius 3 is 2.63 bits per heavy atom. The molecule has 1 aromatic heterocycles. The Labute approximate surface area is 113 Å². The Morgan fingerprint density at radius 1 is 1.26 bits per heavy atom. The molecule has 5 heteroatoms. The fourth-order valence-electron chi connectivity index (χ4n) is 1.93. The van der Waals surface area contributed by atoms with E-state index in [1.807, 2.05) is 13.0 Å². The summed E-state index contributed by atoms with van der Waals surface area (Å²) in [6.07, 6.45) is 11.1. The molecule has 5 nitrogen and oxygen atoms in total. The molecule has 0 unspecified atom stereocenters. The molecule has 0 bridgehead atoms. The number of hydrogen-bond donors (Lipinski definition) is 0. The largest absolute Gasteiger partial charge is 0.349 e. The van der Waals surface area contributed by atoms with Crippen LogP contribution in [0.25, 0.3) is 6.08 Å². The third-order valence-corrected chi connectivity index (χ3v) is 3.02. The van der Waals surface area contributed by atoms with Gasteiger partial charge >= 0.3 is 5.69 Å². The smallest absolute Gasteiger partial charge is 0.338 e. The second kappa shape index (κ2) is 8.45. The quantitative estimate of drug-likeness (QED) is 0.374. The Morgan fingerprint density at radius 2 is 2.00 bits per heavy atom. The van der Waals surface area contributed by atoms with Crippen molar-refractivity contribution >= 4 is 11.8 Å². The molecule has 0 saturated carbocycles. The third-order valence-electron chi connectivity index (χ3n) is 3.02. The zero-order chi connectivity index (χ0) is 14.1. The molecule has 0 aliphatic heterocycles. The molecule has 0 saturated heterocycles. The van der Waals surface area contributed by atoms with Gasteiger partial charge in [-0.15, -0.1) is 0 Å². The van der Waals surface area contributed by atoms with E-state index in [0.29, 0.717) is 12.1 Å². The van der Waals surface area contributed by atoms with Gasteiger partial charge in [0.05, 0.1) is 4.92 Å². The number of allylic oxidation sites excluding steroid dienone is 1. The van der Waals surface area contributed by atoms with Gasteiger partial charge < -0.3 is 4.52 Å². The van der Waals surface area contributed by atoms with Crippen LogP contribution >= 0.6 is 0 Å². The van der Waals surface area contributed by atoms with Crippen LogP contribution in [0.4, 0.5) is 5.69 Å². The topological polar surface area (TPSA) is 69.2 Å². The van der Waals surface area contributed by atoms with Gasteiger partial charge in [-0.2, -0.15) is 0 Å². The highest BCUT2D eigenvalue weighted by Crippen LogP contribution is 2.25. The van der Waals surface area contributed by atoms with Gasteiger partial charge in [0.1, 0.15) is 0 Å². The molecular formula is C14H22N2O3. The van der Waals surface area contributed by atoms with Gasteiger partial charge in [0.2, 0.25) is 5.76 Å². The highest BCUT2D eigenvalue weighted by molar-refractivity contribution is 5.56. The summed E-state index contributed by atoms with van der Waals surface area (Å²) in [5.74, 6) is 0.260. The number of aromatic nitrogens is 1. The molecule has 0 amide bonds. The summed E-state index contributed by atoms with van der Waals surface area (Å²) in [6, 6.07) is 0. The fourth-order valence-corrected chi connectivity index (χ4v) is 1.93. The molecule has 106 valence electrons. The molecule has 1 rings (SSSR count). The van der Waals surface area contributed by atoms with Crippen molar-refractivity contribution in [1.29, 1.82) is 0 Å². The average molecular weight is 266 g/mol. The average Bonchev–Trinajstić information content (AvgIpc) is 2.81. The monoisotopic (exact) mass is 266 g/mol. The van der Waals surface area contributed by atoms with Gasteiger partial charge in [-0.1, -0.05) is 50.8 Å². The van der Waals surface area contributed by atoms with Crippen molar-refractivity contribution in [3.8, 4) is 0 Å². The maximum atomic E-state index is 10.9. The summed E-state index contributed by atoms with van der Waals surface area (Å²) in [5, 5.41) is 14.7. The van der Waals surface area contributed by atoms with Crippen molar-refractivity contribution in [2.75, 3.05) is 0 Å². The Balaban J connectivity index is 2.48. The van der Waals surface area contributed by atoms with Crippen LogP contribution in [0.1, 0.15) is 63.8 Å². The minimum absolute atomic E-state index is 0.00438. The van der Waals surface area contributed by atoms with Crippen molar-refractivity contribution < 1.29 is 9.45 Å². The Kier molecular flexibility index (Phi) is 6.85. The number of rotatable bonds is 9. The molecule has 0 aromatic carbocycles. The molecule has 19 heavy (non-hydrogen) atoms. The van der Waals surface area contributed by atoms with E-state index < -0.39 is 4.92 Å². The number of nitrogens with zero attached hydrogens (tertiary/aromatic N) is 2. The van der Waals surface area contributed by atoms with Crippen LogP contribution < -0.4 is 0 Å². The van der Waals surface area contributed by atoms with Crippen molar-refractivity contribution in [3.05, 3.63) is 27.6 Å². The first-order chi connectivity index (χ1) is 9.20. The molecule has 0 aliphatic rings. The highest BCUT2D eigenvalue weighted by Gasteiger charge is 2.23. The van der Waals surface area contributed by atoms with E-state index in [9.17, 15) is 10.1 Å². The first kappa shape index (κ1) is 15.4. The first-order valence-corrected chi connectivity index (χ1v) is 7.00. The SMILES string of the molecule is CCCCCCC/C=C/c1onc(CC)c1[N+](=O)[O-]. The van der Waals surface area contributed by atoms with Crippen molar-refractivity contribution in [2.24, 2.45) is 0 Å². The van der Waals surface area contributed by atoms with E-state index >= 15 is 0 Å². The van der Waals surface area contributed by atoms with Crippen molar-refractivity contribution in [2.45, 2.75) is 58.8 Å². The van der Waals surface area contributed by atoms with Crippen molar-refractivity contribution in [3.63, 3.8) is 0 Å². The van der Waals surface area contributed by atoms with E-state index in [4.69, 9.17) is 4.52 Å². The molecule has 0 fully saturated rings. The zero-order valence-corrected chi connectivity index (χ0v) is 11.7. The van der Waals surface area contributed by atoms with Gasteiger partial charge in [-0.25, -0.2) is 0 Å². The summed E-state index contributed by atoms with van der Waals surface area (Å²) in [4.78, 5) is 10.5. The number of aryl methyl sites for hydroxylation is 1. The van der Waals surface area contributed by atoms with E-state index in [0.717, 1.165) is 12.8 Å². The van der Waals surface area contributed by atoms with Crippen LogP contribution in [-0.4, -0.2) is 10.1 Å². The highest BCUT2D eigenvalue weighted by atomic mass is 16.6. The zero-order valence-electron chi connectivity index (χ0n) is 11.7. The van der Waals surface area contributed by atoms with Crippen LogP contribution in [0.5, 0.6) is 0 Å². The van der Waals surface area contributed by atoms with Crippen LogP contribution in [0, 0.1) is 10.1 Å². The summed E-state index contributed by atoms with van der Waals surface area (Å²) in [5.41, 5.74) is 0.414. The number of hydrogen-bond acceptors (Lipinski definition) is 4. The van der Waals surface area contributed by atoms with Crippen LogP contribution in [0.15, 0.2) is 10.6 Å². The fraction of sp³-hybridized carbons (Fsp3) is 0.643. The standard InChI is InChI=1S/C14H22N2O3/c1-3-5-6-7-8-9-10-11-13-14(16(17)18)12(4-2)15-19-13/h10-11H,3-9H2,1-2H3/b11-10+. The summed E-state index contributed by atoms with van der Waals surface area (Å²) < 4.78 is 5.01. The van der Waals surface area contributed by atoms with Gasteiger partial charge in [0, 0.05) is 0 Å². The lowest BCUT2D eigenvalue weighted by Gasteiger charge is -1.95. The minimum atomic E-state index is -0.420. The molecular weight excluding hydrogens is 244 g/mol. The van der Waals surface area contributed by atoms with E-state index in [-0.39, 0.29) is 11.4 Å². The maximum absolute atomic E-state index is 10.9. The second-order valence-corrected chi connectivity index (χ2v) is 4.56. The molecule has 0 aliphatic carbocycles. The second-order valence-electron chi connectivity index (χ2n) is 4.56.